The standard InChI is InChI=1S/C11H17N3O2S/c1-2-14-7-5-10(9-14)13-17(15,16)11-4-3-6-12-8-11/h3-4,6,8,10,13H,2,5,7,9H2,1H3. The van der Waals surface area contributed by atoms with Crippen molar-refractivity contribution < 1.29 is 8.42 Å². The molecule has 0 bridgehead atoms. The van der Waals surface area contributed by atoms with Crippen LogP contribution in [0.25, 0.3) is 0 Å². The number of pyridine rings is 1. The van der Waals surface area contributed by atoms with Crippen molar-refractivity contribution in [2.75, 3.05) is 19.6 Å². The molecule has 1 atom stereocenters. The average molecular weight is 255 g/mol. The topological polar surface area (TPSA) is 62.3 Å². The lowest BCUT2D eigenvalue weighted by Gasteiger charge is -2.14. The summed E-state index contributed by atoms with van der Waals surface area (Å²) in [5, 5.41) is 0. The highest BCUT2D eigenvalue weighted by molar-refractivity contribution is 7.89. The third-order valence-corrected chi connectivity index (χ3v) is 4.49. The highest BCUT2D eigenvalue weighted by Gasteiger charge is 2.26. The Labute approximate surface area is 102 Å². The predicted octanol–water partition coefficient (Wildman–Crippen LogP) is 0.454. The van der Waals surface area contributed by atoms with E-state index in [1.54, 1.807) is 18.3 Å². The van der Waals surface area contributed by atoms with Crippen LogP contribution < -0.4 is 4.72 Å². The van der Waals surface area contributed by atoms with Gasteiger partial charge in [-0.2, -0.15) is 0 Å². The summed E-state index contributed by atoms with van der Waals surface area (Å²) in [5.41, 5.74) is 0. The third-order valence-electron chi connectivity index (χ3n) is 2.99. The van der Waals surface area contributed by atoms with E-state index in [9.17, 15) is 8.42 Å². The highest BCUT2D eigenvalue weighted by atomic mass is 32.2. The van der Waals surface area contributed by atoms with Gasteiger partial charge in [0.2, 0.25) is 10.0 Å². The van der Waals surface area contributed by atoms with Crippen molar-refractivity contribution in [3.05, 3.63) is 24.5 Å². The van der Waals surface area contributed by atoms with Crippen molar-refractivity contribution in [2.45, 2.75) is 24.3 Å². The SMILES string of the molecule is CCN1CCC(NS(=O)(=O)c2cccnc2)C1. The van der Waals surface area contributed by atoms with Crippen LogP contribution in [-0.2, 0) is 10.0 Å². The van der Waals surface area contributed by atoms with Crippen LogP contribution in [0.4, 0.5) is 0 Å². The van der Waals surface area contributed by atoms with Gasteiger partial charge in [0.25, 0.3) is 0 Å². The Balaban J connectivity index is 2.04. The minimum Gasteiger partial charge on any atom is -0.302 e. The molecule has 1 unspecified atom stereocenters. The molecule has 1 saturated heterocycles. The van der Waals surface area contributed by atoms with Crippen molar-refractivity contribution in [2.24, 2.45) is 0 Å². The molecule has 1 aromatic heterocycles. The summed E-state index contributed by atoms with van der Waals surface area (Å²) in [5.74, 6) is 0. The zero-order chi connectivity index (χ0) is 12.3. The average Bonchev–Trinajstić information content (AvgIpc) is 2.77. The Morgan fingerprint density at radius 2 is 2.41 bits per heavy atom. The molecule has 0 radical (unpaired) electrons. The van der Waals surface area contributed by atoms with Crippen molar-refractivity contribution in [3.63, 3.8) is 0 Å². The molecule has 2 rings (SSSR count). The van der Waals surface area contributed by atoms with E-state index in [4.69, 9.17) is 0 Å². The lowest BCUT2D eigenvalue weighted by Crippen LogP contribution is -2.37. The molecule has 1 fully saturated rings. The second-order valence-electron chi connectivity index (χ2n) is 4.19. The van der Waals surface area contributed by atoms with Gasteiger partial charge in [-0.25, -0.2) is 13.1 Å². The molecular weight excluding hydrogens is 238 g/mol. The monoisotopic (exact) mass is 255 g/mol. The van der Waals surface area contributed by atoms with Crippen LogP contribution in [0.5, 0.6) is 0 Å². The molecule has 0 amide bonds. The van der Waals surface area contributed by atoms with Gasteiger partial charge in [-0.1, -0.05) is 6.92 Å². The molecule has 1 aliphatic heterocycles. The van der Waals surface area contributed by atoms with Crippen LogP contribution >= 0.6 is 0 Å². The van der Waals surface area contributed by atoms with E-state index in [2.05, 4.69) is 21.5 Å². The first-order valence-electron chi connectivity index (χ1n) is 5.76. The summed E-state index contributed by atoms with van der Waals surface area (Å²) in [7, 11) is -3.41. The second kappa shape index (κ2) is 5.12. The number of nitrogens with zero attached hydrogens (tertiary/aromatic N) is 2. The largest absolute Gasteiger partial charge is 0.302 e. The molecule has 17 heavy (non-hydrogen) atoms. The Morgan fingerprint density at radius 3 is 3.00 bits per heavy atom. The van der Waals surface area contributed by atoms with Crippen molar-refractivity contribution >= 4 is 10.0 Å². The summed E-state index contributed by atoms with van der Waals surface area (Å²) in [4.78, 5) is 6.29. The van der Waals surface area contributed by atoms with Gasteiger partial charge < -0.3 is 4.90 Å². The van der Waals surface area contributed by atoms with E-state index in [0.717, 1.165) is 26.1 Å². The Bertz CT molecular complexity index is 461. The fraction of sp³-hybridized carbons (Fsp3) is 0.545. The summed E-state index contributed by atoms with van der Waals surface area (Å²) in [6.07, 6.45) is 3.80. The maximum Gasteiger partial charge on any atom is 0.242 e. The Morgan fingerprint density at radius 1 is 1.59 bits per heavy atom. The quantitative estimate of drug-likeness (QED) is 0.848. The molecule has 5 nitrogen and oxygen atoms in total. The van der Waals surface area contributed by atoms with Crippen molar-refractivity contribution in [3.8, 4) is 0 Å². The molecular formula is C11H17N3O2S. The van der Waals surface area contributed by atoms with E-state index < -0.39 is 10.0 Å². The van der Waals surface area contributed by atoms with Crippen LogP contribution in [-0.4, -0.2) is 44.0 Å². The lowest BCUT2D eigenvalue weighted by atomic mass is 10.3. The van der Waals surface area contributed by atoms with E-state index in [-0.39, 0.29) is 10.9 Å². The number of hydrogen-bond donors (Lipinski definition) is 1. The number of hydrogen-bond acceptors (Lipinski definition) is 4. The number of rotatable bonds is 4. The zero-order valence-corrected chi connectivity index (χ0v) is 10.7. The number of sulfonamides is 1. The summed E-state index contributed by atoms with van der Waals surface area (Å²) in [6, 6.07) is 3.20. The third kappa shape index (κ3) is 3.02. The first-order valence-corrected chi connectivity index (χ1v) is 7.25. The van der Waals surface area contributed by atoms with Gasteiger partial charge in [0.1, 0.15) is 4.90 Å². The highest BCUT2D eigenvalue weighted by Crippen LogP contribution is 2.12. The van der Waals surface area contributed by atoms with E-state index in [1.807, 2.05) is 0 Å². The van der Waals surface area contributed by atoms with E-state index in [1.165, 1.54) is 6.20 Å². The zero-order valence-electron chi connectivity index (χ0n) is 9.83. The normalized spacial score (nSPS) is 21.8. The van der Waals surface area contributed by atoms with Gasteiger partial charge in [-0.05, 0) is 31.6 Å². The molecule has 2 heterocycles. The predicted molar refractivity (Wildman–Crippen MR) is 65.1 cm³/mol. The fourth-order valence-corrected chi connectivity index (χ4v) is 3.23. The van der Waals surface area contributed by atoms with E-state index in [0.29, 0.717) is 0 Å². The number of likely N-dealkylation sites (N-methyl/N-ethyl adjacent to an activating group) is 1. The second-order valence-corrected chi connectivity index (χ2v) is 5.90. The Kier molecular flexibility index (Phi) is 3.76. The molecule has 1 aliphatic rings. The molecule has 1 N–H and O–H groups in total. The summed E-state index contributed by atoms with van der Waals surface area (Å²) in [6.45, 7) is 4.79. The molecule has 94 valence electrons. The number of likely N-dealkylation sites (tertiary alicyclic amines) is 1. The van der Waals surface area contributed by atoms with Gasteiger partial charge in [-0.15, -0.1) is 0 Å². The molecule has 6 heteroatoms. The summed E-state index contributed by atoms with van der Waals surface area (Å²) < 4.78 is 26.8. The molecule has 0 aliphatic carbocycles. The number of nitrogens with one attached hydrogen (secondary N) is 1. The molecule has 1 aromatic rings. The van der Waals surface area contributed by atoms with E-state index >= 15 is 0 Å². The fourth-order valence-electron chi connectivity index (χ4n) is 2.01. The summed E-state index contributed by atoms with van der Waals surface area (Å²) >= 11 is 0. The van der Waals surface area contributed by atoms with Crippen LogP contribution in [0.15, 0.2) is 29.4 Å². The smallest absolute Gasteiger partial charge is 0.242 e. The van der Waals surface area contributed by atoms with Crippen LogP contribution in [0.1, 0.15) is 13.3 Å². The minimum atomic E-state index is -3.41. The van der Waals surface area contributed by atoms with Crippen LogP contribution in [0, 0.1) is 0 Å². The van der Waals surface area contributed by atoms with Crippen molar-refractivity contribution in [1.29, 1.82) is 0 Å². The first-order chi connectivity index (χ1) is 8.12. The molecule has 0 saturated carbocycles. The first kappa shape index (κ1) is 12.5. The number of aromatic nitrogens is 1. The maximum atomic E-state index is 12.0. The Hall–Kier alpha value is -0.980. The van der Waals surface area contributed by atoms with Gasteiger partial charge in [0.15, 0.2) is 0 Å². The minimum absolute atomic E-state index is 0.0140. The van der Waals surface area contributed by atoms with Crippen LogP contribution in [0.2, 0.25) is 0 Å². The van der Waals surface area contributed by atoms with Gasteiger partial charge in [0, 0.05) is 25.0 Å². The van der Waals surface area contributed by atoms with Gasteiger partial charge in [-0.3, -0.25) is 4.98 Å². The van der Waals surface area contributed by atoms with Gasteiger partial charge in [0.05, 0.1) is 0 Å². The van der Waals surface area contributed by atoms with Crippen molar-refractivity contribution in [1.82, 2.24) is 14.6 Å². The molecule has 0 spiro atoms. The maximum absolute atomic E-state index is 12.0. The van der Waals surface area contributed by atoms with Gasteiger partial charge >= 0.3 is 0 Å². The molecule has 0 aromatic carbocycles. The van der Waals surface area contributed by atoms with Crippen LogP contribution in [0.3, 0.4) is 0 Å². The lowest BCUT2D eigenvalue weighted by molar-refractivity contribution is 0.351.